The van der Waals surface area contributed by atoms with Gasteiger partial charge in [-0.25, -0.2) is 4.79 Å². The van der Waals surface area contributed by atoms with Gasteiger partial charge in [-0.05, 0) is 39.2 Å². The van der Waals surface area contributed by atoms with E-state index >= 15 is 0 Å². The molecule has 3 nitrogen and oxygen atoms in total. The SMILES string of the molecule is CC(C)(C)OC(C(=O)O)(c1ccccc1)C1CC1. The van der Waals surface area contributed by atoms with E-state index in [0.717, 1.165) is 18.4 Å². The van der Waals surface area contributed by atoms with E-state index in [-0.39, 0.29) is 5.92 Å². The lowest BCUT2D eigenvalue weighted by Gasteiger charge is -2.36. The van der Waals surface area contributed by atoms with E-state index in [9.17, 15) is 9.90 Å². The fraction of sp³-hybridized carbons (Fsp3) is 0.533. The van der Waals surface area contributed by atoms with Crippen LogP contribution in [0.4, 0.5) is 0 Å². The van der Waals surface area contributed by atoms with Gasteiger partial charge in [-0.15, -0.1) is 0 Å². The van der Waals surface area contributed by atoms with E-state index in [0.29, 0.717) is 0 Å². The first kappa shape index (κ1) is 13.1. The highest BCUT2D eigenvalue weighted by Crippen LogP contribution is 2.50. The standard InChI is InChI=1S/C15H20O3/c1-14(2,3)18-15(13(16)17,12-9-10-12)11-7-5-4-6-8-11/h4-8,12H,9-10H2,1-3H3,(H,16,17). The van der Waals surface area contributed by atoms with Crippen molar-refractivity contribution in [2.75, 3.05) is 0 Å². The van der Waals surface area contributed by atoms with Crippen LogP contribution in [-0.4, -0.2) is 16.7 Å². The second-order valence-electron chi connectivity index (χ2n) is 5.90. The molecule has 0 aromatic heterocycles. The molecular formula is C15H20O3. The third-order valence-corrected chi connectivity index (χ3v) is 3.14. The Bertz CT molecular complexity index is 429. The van der Waals surface area contributed by atoms with Crippen LogP contribution in [0.5, 0.6) is 0 Å². The largest absolute Gasteiger partial charge is 0.479 e. The minimum absolute atomic E-state index is 0.0802. The zero-order chi connectivity index (χ0) is 13.4. The highest BCUT2D eigenvalue weighted by atomic mass is 16.5. The Labute approximate surface area is 108 Å². The molecule has 0 saturated heterocycles. The van der Waals surface area contributed by atoms with Crippen molar-refractivity contribution in [1.29, 1.82) is 0 Å². The quantitative estimate of drug-likeness (QED) is 0.890. The summed E-state index contributed by atoms with van der Waals surface area (Å²) in [7, 11) is 0. The van der Waals surface area contributed by atoms with Crippen molar-refractivity contribution in [1.82, 2.24) is 0 Å². The number of hydrogen-bond acceptors (Lipinski definition) is 2. The third-order valence-electron chi connectivity index (χ3n) is 3.14. The van der Waals surface area contributed by atoms with E-state index in [1.54, 1.807) is 0 Å². The lowest BCUT2D eigenvalue weighted by molar-refractivity contribution is -0.193. The van der Waals surface area contributed by atoms with Crippen LogP contribution < -0.4 is 0 Å². The Morgan fingerprint density at radius 3 is 2.17 bits per heavy atom. The van der Waals surface area contributed by atoms with Gasteiger partial charge in [-0.2, -0.15) is 0 Å². The maximum atomic E-state index is 11.9. The Kier molecular flexibility index (Phi) is 3.20. The van der Waals surface area contributed by atoms with Gasteiger partial charge in [0, 0.05) is 5.92 Å². The van der Waals surface area contributed by atoms with Crippen molar-refractivity contribution in [3.05, 3.63) is 35.9 Å². The van der Waals surface area contributed by atoms with Gasteiger partial charge in [0.15, 0.2) is 5.60 Å². The molecule has 1 aliphatic carbocycles. The van der Waals surface area contributed by atoms with E-state index in [1.165, 1.54) is 0 Å². The van der Waals surface area contributed by atoms with Crippen LogP contribution in [0.2, 0.25) is 0 Å². The molecule has 1 aliphatic rings. The van der Waals surface area contributed by atoms with Crippen LogP contribution in [0.1, 0.15) is 39.2 Å². The molecule has 1 unspecified atom stereocenters. The summed E-state index contributed by atoms with van der Waals surface area (Å²) in [5.41, 5.74) is -0.939. The topological polar surface area (TPSA) is 46.5 Å². The van der Waals surface area contributed by atoms with Gasteiger partial charge in [0.2, 0.25) is 0 Å². The van der Waals surface area contributed by atoms with Crippen LogP contribution in [0.25, 0.3) is 0 Å². The highest BCUT2D eigenvalue weighted by molar-refractivity contribution is 5.80. The zero-order valence-corrected chi connectivity index (χ0v) is 11.1. The number of benzene rings is 1. The highest BCUT2D eigenvalue weighted by Gasteiger charge is 2.55. The fourth-order valence-electron chi connectivity index (χ4n) is 2.38. The first-order valence-electron chi connectivity index (χ1n) is 6.35. The molecule has 1 saturated carbocycles. The normalized spacial score (nSPS) is 19.3. The maximum absolute atomic E-state index is 11.9. The van der Waals surface area contributed by atoms with Crippen LogP contribution in [-0.2, 0) is 15.1 Å². The van der Waals surface area contributed by atoms with Crippen molar-refractivity contribution in [2.24, 2.45) is 5.92 Å². The van der Waals surface area contributed by atoms with Crippen molar-refractivity contribution in [3.8, 4) is 0 Å². The molecule has 0 bridgehead atoms. The number of carboxylic acid groups (broad SMARTS) is 1. The minimum Gasteiger partial charge on any atom is -0.479 e. The van der Waals surface area contributed by atoms with E-state index in [4.69, 9.17) is 4.74 Å². The van der Waals surface area contributed by atoms with E-state index in [2.05, 4.69) is 0 Å². The molecular weight excluding hydrogens is 228 g/mol. The summed E-state index contributed by atoms with van der Waals surface area (Å²) in [5, 5.41) is 9.73. The lowest BCUT2D eigenvalue weighted by Crippen LogP contribution is -2.46. The minimum atomic E-state index is -1.19. The number of aliphatic carboxylic acids is 1. The van der Waals surface area contributed by atoms with Gasteiger partial charge < -0.3 is 9.84 Å². The number of rotatable bonds is 4. The molecule has 0 spiro atoms. The molecule has 3 heteroatoms. The van der Waals surface area contributed by atoms with Crippen LogP contribution in [0.15, 0.2) is 30.3 Å². The second-order valence-corrected chi connectivity index (χ2v) is 5.90. The first-order chi connectivity index (χ1) is 8.36. The van der Waals surface area contributed by atoms with Crippen molar-refractivity contribution in [2.45, 2.75) is 44.8 Å². The number of carboxylic acids is 1. The summed E-state index contributed by atoms with van der Waals surface area (Å²) in [5.74, 6) is -0.803. The number of carbonyl (C=O) groups is 1. The van der Waals surface area contributed by atoms with Crippen molar-refractivity contribution < 1.29 is 14.6 Å². The maximum Gasteiger partial charge on any atom is 0.340 e. The van der Waals surface area contributed by atoms with Crippen LogP contribution in [0.3, 0.4) is 0 Å². The molecule has 1 aromatic carbocycles. The fourth-order valence-corrected chi connectivity index (χ4v) is 2.38. The molecule has 0 amide bonds. The lowest BCUT2D eigenvalue weighted by atomic mass is 9.87. The third kappa shape index (κ3) is 2.41. The molecule has 0 radical (unpaired) electrons. The summed E-state index contributed by atoms with van der Waals surface area (Å²) in [6, 6.07) is 9.30. The molecule has 98 valence electrons. The smallest absolute Gasteiger partial charge is 0.340 e. The summed E-state index contributed by atoms with van der Waals surface area (Å²) in [6.07, 6.45) is 1.83. The molecule has 18 heavy (non-hydrogen) atoms. The molecule has 2 rings (SSSR count). The summed E-state index contributed by atoms with van der Waals surface area (Å²) >= 11 is 0. The Morgan fingerprint density at radius 2 is 1.78 bits per heavy atom. The summed E-state index contributed by atoms with van der Waals surface area (Å²) < 4.78 is 6.00. The van der Waals surface area contributed by atoms with Gasteiger partial charge >= 0.3 is 5.97 Å². The van der Waals surface area contributed by atoms with Gasteiger partial charge in [-0.1, -0.05) is 30.3 Å². The molecule has 1 aromatic rings. The van der Waals surface area contributed by atoms with Crippen molar-refractivity contribution in [3.63, 3.8) is 0 Å². The average Bonchev–Trinajstić information content (AvgIpc) is 3.09. The molecule has 1 atom stereocenters. The Morgan fingerprint density at radius 1 is 1.22 bits per heavy atom. The molecule has 1 fully saturated rings. The van der Waals surface area contributed by atoms with E-state index in [1.807, 2.05) is 51.1 Å². The predicted molar refractivity (Wildman–Crippen MR) is 69.3 cm³/mol. The average molecular weight is 248 g/mol. The Balaban J connectivity index is 2.47. The van der Waals surface area contributed by atoms with Gasteiger partial charge in [-0.3, -0.25) is 0 Å². The second kappa shape index (κ2) is 4.39. The number of hydrogen-bond donors (Lipinski definition) is 1. The monoisotopic (exact) mass is 248 g/mol. The van der Waals surface area contributed by atoms with Gasteiger partial charge in [0.25, 0.3) is 0 Å². The van der Waals surface area contributed by atoms with E-state index < -0.39 is 17.2 Å². The Hall–Kier alpha value is -1.35. The predicted octanol–water partition coefficient (Wildman–Crippen LogP) is 3.19. The molecule has 0 heterocycles. The summed E-state index contributed by atoms with van der Waals surface area (Å²) in [6.45, 7) is 5.70. The van der Waals surface area contributed by atoms with Crippen LogP contribution in [0, 0.1) is 5.92 Å². The van der Waals surface area contributed by atoms with Crippen molar-refractivity contribution >= 4 is 5.97 Å². The first-order valence-corrected chi connectivity index (χ1v) is 6.35. The summed E-state index contributed by atoms with van der Waals surface area (Å²) in [4.78, 5) is 11.9. The zero-order valence-electron chi connectivity index (χ0n) is 11.1. The van der Waals surface area contributed by atoms with Crippen LogP contribution >= 0.6 is 0 Å². The van der Waals surface area contributed by atoms with Gasteiger partial charge in [0.1, 0.15) is 0 Å². The molecule has 0 aliphatic heterocycles. The number of ether oxygens (including phenoxy) is 1. The van der Waals surface area contributed by atoms with Gasteiger partial charge in [0.05, 0.1) is 5.60 Å². The molecule has 1 N–H and O–H groups in total.